The quantitative estimate of drug-likeness (QED) is 0.396. The Morgan fingerprint density at radius 2 is 1.06 bits per heavy atom. The standard InChI is InChI=1S/C20H38N10.ClH/c21-13-7-14(22)10-29(9-13)19-26-18(25-17-5-3-1-2-4-6-17)27-20(28-19)30-11-15(23)8-16(24)12-30;/h13-17H,1-12,21-24H2,(H,25,26,27,28);1H/t13-,14+,15-,16+;. The van der Waals surface area contributed by atoms with Crippen LogP contribution in [0.2, 0.25) is 0 Å². The van der Waals surface area contributed by atoms with E-state index in [4.69, 9.17) is 37.9 Å². The number of nitrogens with two attached hydrogens (primary N) is 4. The summed E-state index contributed by atoms with van der Waals surface area (Å²) in [6.07, 6.45) is 9.03. The second-order valence-electron chi connectivity index (χ2n) is 9.41. The number of halogens is 1. The molecule has 0 spiro atoms. The van der Waals surface area contributed by atoms with Gasteiger partial charge in [-0.2, -0.15) is 15.0 Å². The van der Waals surface area contributed by atoms with Gasteiger partial charge in [0.25, 0.3) is 0 Å². The van der Waals surface area contributed by atoms with Crippen LogP contribution in [0, 0.1) is 0 Å². The molecule has 2 aliphatic heterocycles. The van der Waals surface area contributed by atoms with E-state index in [2.05, 4.69) is 15.1 Å². The van der Waals surface area contributed by atoms with E-state index in [1.165, 1.54) is 25.7 Å². The second-order valence-corrected chi connectivity index (χ2v) is 9.41. The van der Waals surface area contributed by atoms with E-state index >= 15 is 0 Å². The third-order valence-electron chi connectivity index (χ3n) is 6.40. The molecule has 31 heavy (non-hydrogen) atoms. The zero-order valence-corrected chi connectivity index (χ0v) is 19.1. The highest BCUT2D eigenvalue weighted by Crippen LogP contribution is 2.24. The molecule has 10 nitrogen and oxygen atoms in total. The zero-order valence-electron chi connectivity index (χ0n) is 18.3. The molecule has 0 amide bonds. The lowest BCUT2D eigenvalue weighted by Gasteiger charge is -2.37. The van der Waals surface area contributed by atoms with Gasteiger partial charge in [-0.05, 0) is 25.7 Å². The fraction of sp³-hybridized carbons (Fsp3) is 0.850. The van der Waals surface area contributed by atoms with Gasteiger partial charge in [0.1, 0.15) is 0 Å². The molecule has 11 heteroatoms. The van der Waals surface area contributed by atoms with Gasteiger partial charge >= 0.3 is 0 Å². The number of piperidine rings is 2. The summed E-state index contributed by atoms with van der Waals surface area (Å²) in [6, 6.07) is 0.466. The summed E-state index contributed by atoms with van der Waals surface area (Å²) < 4.78 is 0. The third kappa shape index (κ3) is 6.52. The predicted molar refractivity (Wildman–Crippen MR) is 128 cm³/mol. The fourth-order valence-corrected chi connectivity index (χ4v) is 4.99. The average molecular weight is 455 g/mol. The molecule has 3 fully saturated rings. The van der Waals surface area contributed by atoms with E-state index in [1.54, 1.807) is 0 Å². The molecule has 4 rings (SSSR count). The van der Waals surface area contributed by atoms with Gasteiger partial charge in [-0.25, -0.2) is 0 Å². The van der Waals surface area contributed by atoms with Gasteiger partial charge in [-0.3, -0.25) is 0 Å². The van der Waals surface area contributed by atoms with Crippen LogP contribution in [0.4, 0.5) is 17.8 Å². The van der Waals surface area contributed by atoms with Gasteiger partial charge in [0, 0.05) is 56.4 Å². The van der Waals surface area contributed by atoms with Crippen LogP contribution in [0.5, 0.6) is 0 Å². The van der Waals surface area contributed by atoms with Crippen molar-refractivity contribution < 1.29 is 0 Å². The van der Waals surface area contributed by atoms with Crippen molar-refractivity contribution in [1.29, 1.82) is 0 Å². The first kappa shape index (κ1) is 24.2. The van der Waals surface area contributed by atoms with Crippen LogP contribution < -0.4 is 38.1 Å². The van der Waals surface area contributed by atoms with Crippen LogP contribution in [0.15, 0.2) is 0 Å². The van der Waals surface area contributed by atoms with E-state index in [0.29, 0.717) is 50.1 Å². The Hall–Kier alpha value is -1.46. The zero-order chi connectivity index (χ0) is 21.1. The number of hydrogen-bond donors (Lipinski definition) is 5. The fourth-order valence-electron chi connectivity index (χ4n) is 4.99. The molecule has 1 aromatic heterocycles. The summed E-state index contributed by atoms with van der Waals surface area (Å²) in [7, 11) is 0. The van der Waals surface area contributed by atoms with Gasteiger partial charge in [0.2, 0.25) is 17.8 Å². The molecular weight excluding hydrogens is 416 g/mol. The van der Waals surface area contributed by atoms with Gasteiger partial charge in [-0.15, -0.1) is 12.4 Å². The minimum atomic E-state index is 0. The first-order valence-corrected chi connectivity index (χ1v) is 11.5. The number of nitrogens with one attached hydrogen (secondary N) is 1. The molecule has 0 bridgehead atoms. The van der Waals surface area contributed by atoms with Crippen molar-refractivity contribution in [3.8, 4) is 0 Å². The van der Waals surface area contributed by atoms with Crippen LogP contribution in [0.1, 0.15) is 51.4 Å². The summed E-state index contributed by atoms with van der Waals surface area (Å²) in [6.45, 7) is 2.77. The highest BCUT2D eigenvalue weighted by Gasteiger charge is 2.29. The van der Waals surface area contributed by atoms with Crippen molar-refractivity contribution in [2.75, 3.05) is 41.3 Å². The SMILES string of the molecule is Cl.N[C@@H]1C[C@H](N)CN(c2nc(NC3CCCCCC3)nc(N3C[C@H](N)C[C@H](N)C3)n2)C1. The minimum Gasteiger partial charge on any atom is -0.351 e. The van der Waals surface area contributed by atoms with Gasteiger partial charge in [-0.1, -0.05) is 25.7 Å². The Balaban J connectivity index is 0.00000272. The number of hydrogen-bond acceptors (Lipinski definition) is 10. The molecule has 4 atom stereocenters. The predicted octanol–water partition coefficient (Wildman–Crippen LogP) is 0.158. The molecule has 3 aliphatic rings. The molecule has 0 aromatic carbocycles. The Labute approximate surface area is 191 Å². The largest absolute Gasteiger partial charge is 0.351 e. The van der Waals surface area contributed by atoms with Gasteiger partial charge in [0.15, 0.2) is 0 Å². The molecule has 176 valence electrons. The number of nitrogens with zero attached hydrogens (tertiary/aromatic N) is 5. The smallest absolute Gasteiger partial charge is 0.232 e. The molecule has 0 unspecified atom stereocenters. The topological polar surface area (TPSA) is 161 Å². The average Bonchev–Trinajstić information content (AvgIpc) is 2.95. The Morgan fingerprint density at radius 1 is 0.645 bits per heavy atom. The molecule has 1 saturated carbocycles. The maximum absolute atomic E-state index is 6.22. The molecule has 3 heterocycles. The maximum Gasteiger partial charge on any atom is 0.232 e. The van der Waals surface area contributed by atoms with E-state index in [-0.39, 0.29) is 36.6 Å². The van der Waals surface area contributed by atoms with Gasteiger partial charge in [0.05, 0.1) is 0 Å². The van der Waals surface area contributed by atoms with E-state index in [1.807, 2.05) is 0 Å². The molecule has 1 aromatic rings. The summed E-state index contributed by atoms with van der Waals surface area (Å²) in [5.74, 6) is 1.89. The lowest BCUT2D eigenvalue weighted by molar-refractivity contribution is 0.441. The first-order chi connectivity index (χ1) is 14.5. The number of aromatic nitrogens is 3. The van der Waals surface area contributed by atoms with E-state index < -0.39 is 0 Å². The normalized spacial score (nSPS) is 30.5. The van der Waals surface area contributed by atoms with Crippen molar-refractivity contribution >= 4 is 30.3 Å². The minimum absolute atomic E-state index is 0. The van der Waals surface area contributed by atoms with E-state index in [0.717, 1.165) is 25.7 Å². The van der Waals surface area contributed by atoms with Crippen LogP contribution in [-0.4, -0.2) is 71.3 Å². The lowest BCUT2D eigenvalue weighted by atomic mass is 10.0. The van der Waals surface area contributed by atoms with Crippen LogP contribution in [0.3, 0.4) is 0 Å². The lowest BCUT2D eigenvalue weighted by Crippen LogP contribution is -2.54. The van der Waals surface area contributed by atoms with Crippen LogP contribution in [-0.2, 0) is 0 Å². The van der Waals surface area contributed by atoms with E-state index in [9.17, 15) is 0 Å². The third-order valence-corrected chi connectivity index (χ3v) is 6.40. The molecule has 2 saturated heterocycles. The summed E-state index contributed by atoms with van der Waals surface area (Å²) in [5, 5.41) is 3.58. The summed E-state index contributed by atoms with van der Waals surface area (Å²) in [4.78, 5) is 18.5. The van der Waals surface area contributed by atoms with Gasteiger partial charge < -0.3 is 38.1 Å². The second kappa shape index (κ2) is 10.9. The molecule has 0 radical (unpaired) electrons. The highest BCUT2D eigenvalue weighted by atomic mass is 35.5. The highest BCUT2D eigenvalue weighted by molar-refractivity contribution is 5.85. The summed E-state index contributed by atoms with van der Waals surface area (Å²) >= 11 is 0. The summed E-state index contributed by atoms with van der Waals surface area (Å²) in [5.41, 5.74) is 24.9. The Bertz CT molecular complexity index is 634. The van der Waals surface area contributed by atoms with Crippen molar-refractivity contribution in [3.63, 3.8) is 0 Å². The van der Waals surface area contributed by atoms with Crippen LogP contribution >= 0.6 is 12.4 Å². The van der Waals surface area contributed by atoms with Crippen molar-refractivity contribution in [2.45, 2.75) is 81.6 Å². The molecule has 9 N–H and O–H groups in total. The number of rotatable bonds is 4. The van der Waals surface area contributed by atoms with Crippen molar-refractivity contribution in [3.05, 3.63) is 0 Å². The maximum atomic E-state index is 6.22. The Morgan fingerprint density at radius 3 is 1.48 bits per heavy atom. The van der Waals surface area contributed by atoms with Crippen LogP contribution in [0.25, 0.3) is 0 Å². The van der Waals surface area contributed by atoms with Crippen molar-refractivity contribution in [2.24, 2.45) is 22.9 Å². The molecular formula is C20H39ClN10. The molecule has 1 aliphatic carbocycles. The number of anilines is 3. The Kier molecular flexibility index (Phi) is 8.51. The monoisotopic (exact) mass is 454 g/mol. The van der Waals surface area contributed by atoms with Crippen molar-refractivity contribution in [1.82, 2.24) is 15.0 Å². The first-order valence-electron chi connectivity index (χ1n) is 11.5.